The molecule has 4 fully saturated rings. The summed E-state index contributed by atoms with van der Waals surface area (Å²) in [6, 6.07) is 31.3. The Morgan fingerprint density at radius 1 is 0.783 bits per heavy atom. The van der Waals surface area contributed by atoms with Crippen molar-refractivity contribution in [2.45, 2.75) is 56.7 Å². The number of phenolic OH excluding ortho intramolecular Hbond substituents is 1. The van der Waals surface area contributed by atoms with E-state index < -0.39 is 23.8 Å². The van der Waals surface area contributed by atoms with E-state index in [4.69, 9.17) is 16.3 Å². The lowest BCUT2D eigenvalue weighted by Crippen LogP contribution is -2.54. The van der Waals surface area contributed by atoms with Crippen LogP contribution in [0.1, 0.15) is 75.9 Å². The molecule has 0 radical (unpaired) electrons. The van der Waals surface area contributed by atoms with Gasteiger partial charge in [-0.15, -0.1) is 11.6 Å². The van der Waals surface area contributed by atoms with E-state index >= 15 is 0 Å². The summed E-state index contributed by atoms with van der Waals surface area (Å²) < 4.78 is 6.26. The average molecular weight is 828 g/mol. The van der Waals surface area contributed by atoms with Gasteiger partial charge in [-0.25, -0.2) is 0 Å². The Kier molecular flexibility index (Phi) is 11.5. The Labute approximate surface area is 355 Å². The molecule has 9 rings (SSSR count). The zero-order valence-corrected chi connectivity index (χ0v) is 34.4. The van der Waals surface area contributed by atoms with E-state index in [0.29, 0.717) is 48.0 Å². The van der Waals surface area contributed by atoms with E-state index in [-0.39, 0.29) is 24.5 Å². The highest BCUT2D eigenvalue weighted by molar-refractivity contribution is 6.23. The highest BCUT2D eigenvalue weighted by atomic mass is 35.5. The molecule has 4 amide bonds. The van der Waals surface area contributed by atoms with Gasteiger partial charge in [0.25, 0.3) is 11.8 Å². The van der Waals surface area contributed by atoms with Gasteiger partial charge in [0.2, 0.25) is 11.8 Å². The minimum atomic E-state index is -0.961. The monoisotopic (exact) mass is 827 g/mol. The van der Waals surface area contributed by atoms with E-state index in [0.717, 1.165) is 103 Å². The number of aromatic hydroxyl groups is 1. The molecule has 2 bridgehead atoms. The van der Waals surface area contributed by atoms with Crippen LogP contribution in [0.15, 0.2) is 97.1 Å². The number of alkyl halides is 1. The lowest BCUT2D eigenvalue weighted by Gasteiger charge is -2.39. The molecule has 4 aromatic carbocycles. The summed E-state index contributed by atoms with van der Waals surface area (Å²) in [4.78, 5) is 59.3. The molecular formula is C48H50ClN5O6. The first-order chi connectivity index (χ1) is 29.2. The molecule has 0 aromatic heterocycles. The van der Waals surface area contributed by atoms with E-state index in [2.05, 4.69) is 44.3 Å². The van der Waals surface area contributed by atoms with Crippen molar-refractivity contribution in [1.82, 2.24) is 20.0 Å². The van der Waals surface area contributed by atoms with Crippen molar-refractivity contribution < 1.29 is 29.0 Å². The van der Waals surface area contributed by atoms with Gasteiger partial charge >= 0.3 is 0 Å². The number of allylic oxidation sites excluding steroid dienone is 1. The molecule has 0 spiro atoms. The summed E-state index contributed by atoms with van der Waals surface area (Å²) in [5.74, 6) is 0.305. The number of benzene rings is 4. The van der Waals surface area contributed by atoms with Gasteiger partial charge < -0.3 is 14.7 Å². The molecule has 0 saturated carbocycles. The molecule has 0 aliphatic carbocycles. The summed E-state index contributed by atoms with van der Waals surface area (Å²) in [6.45, 7) is 6.58. The number of carbonyl (C=O) groups excluding carboxylic acids is 4. The van der Waals surface area contributed by atoms with Crippen LogP contribution < -0.4 is 15.0 Å². The first-order valence-corrected chi connectivity index (χ1v) is 21.7. The number of hydrogen-bond donors (Lipinski definition) is 2. The van der Waals surface area contributed by atoms with Crippen LogP contribution in [0.4, 0.5) is 5.69 Å². The Morgan fingerprint density at radius 3 is 2.18 bits per heavy atom. The van der Waals surface area contributed by atoms with E-state index in [9.17, 15) is 24.3 Å². The zero-order chi connectivity index (χ0) is 41.3. The number of likely N-dealkylation sites (tertiary alicyclic amines) is 2. The molecule has 11 nitrogen and oxygen atoms in total. The highest BCUT2D eigenvalue weighted by Gasteiger charge is 2.47. The number of piperidine rings is 2. The van der Waals surface area contributed by atoms with Gasteiger partial charge in [-0.3, -0.25) is 39.2 Å². The number of fused-ring (bicyclic) bond motifs is 3. The average Bonchev–Trinajstić information content (AvgIpc) is 3.94. The predicted molar refractivity (Wildman–Crippen MR) is 231 cm³/mol. The summed E-state index contributed by atoms with van der Waals surface area (Å²) in [7, 11) is 0. The molecule has 2 N–H and O–H groups in total. The van der Waals surface area contributed by atoms with Crippen LogP contribution in [0.5, 0.6) is 11.5 Å². The fourth-order valence-electron chi connectivity index (χ4n) is 9.95. The lowest BCUT2D eigenvalue weighted by molar-refractivity contribution is -0.136. The number of ether oxygens (including phenoxy) is 1. The van der Waals surface area contributed by atoms with E-state index in [1.807, 2.05) is 54.6 Å². The number of nitrogens with zero attached hydrogens (tertiary/aromatic N) is 4. The van der Waals surface area contributed by atoms with Crippen molar-refractivity contribution in [1.29, 1.82) is 0 Å². The SMILES string of the molecule is O=C1CCC(N2C(=O)c3ccc(N4CC5CC4CN5CC4CCN(CCOc5ccc(C(=C(CCCl)c6ccccc6)c6ccc(O)cc6)cc5)CC4)cc3C2=O)C(=O)N1. The van der Waals surface area contributed by atoms with Crippen molar-refractivity contribution >= 4 is 52.1 Å². The van der Waals surface area contributed by atoms with Gasteiger partial charge in [-0.2, -0.15) is 0 Å². The van der Waals surface area contributed by atoms with Gasteiger partial charge in [0.1, 0.15) is 24.1 Å². The second-order valence-electron chi connectivity index (χ2n) is 16.7. The van der Waals surface area contributed by atoms with Gasteiger partial charge in [0.05, 0.1) is 11.1 Å². The number of anilines is 1. The molecule has 5 heterocycles. The second kappa shape index (κ2) is 17.2. The number of imide groups is 2. The summed E-state index contributed by atoms with van der Waals surface area (Å²) in [5, 5.41) is 12.3. The van der Waals surface area contributed by atoms with Gasteiger partial charge in [0.15, 0.2) is 0 Å². The molecule has 310 valence electrons. The fourth-order valence-corrected chi connectivity index (χ4v) is 10.1. The Balaban J connectivity index is 0.749. The largest absolute Gasteiger partial charge is 0.508 e. The molecular weight excluding hydrogens is 778 g/mol. The molecule has 3 atom stereocenters. The molecule has 4 aromatic rings. The number of rotatable bonds is 13. The molecule has 12 heteroatoms. The number of amides is 4. The van der Waals surface area contributed by atoms with Crippen LogP contribution in [-0.2, 0) is 9.59 Å². The topological polar surface area (TPSA) is 123 Å². The second-order valence-corrected chi connectivity index (χ2v) is 17.1. The third kappa shape index (κ3) is 8.06. The zero-order valence-electron chi connectivity index (χ0n) is 33.6. The number of carbonyl (C=O) groups is 4. The quantitative estimate of drug-likeness (QED) is 0.0892. The third-order valence-corrected chi connectivity index (χ3v) is 13.2. The molecule has 3 unspecified atom stereocenters. The van der Waals surface area contributed by atoms with Gasteiger partial charge in [0, 0.05) is 56.3 Å². The maximum absolute atomic E-state index is 13.4. The van der Waals surface area contributed by atoms with Crippen LogP contribution >= 0.6 is 11.6 Å². The van der Waals surface area contributed by atoms with Crippen molar-refractivity contribution in [3.05, 3.63) is 125 Å². The minimum Gasteiger partial charge on any atom is -0.508 e. The maximum atomic E-state index is 13.4. The number of phenols is 1. The molecule has 60 heavy (non-hydrogen) atoms. The standard InChI is InChI=1S/C48H50ClN5O6/c49-21-18-40(32-4-2-1-3-5-32)45(33-6-11-38(55)12-7-33)34-8-13-39(14-9-34)60-25-24-51-22-19-31(20-23-51)28-52-29-37-26-36(52)30-53(37)35-10-15-41-42(27-35)48(59)54(47(41)58)43-16-17-44(56)50-46(43)57/h1-15,27,31,36-37,43,55H,16-26,28-30H2,(H,50,56,57). The summed E-state index contributed by atoms with van der Waals surface area (Å²) in [6.07, 6.45) is 4.36. The minimum absolute atomic E-state index is 0.102. The number of nitrogens with one attached hydrogen (secondary N) is 1. The van der Waals surface area contributed by atoms with Crippen LogP contribution in [0.25, 0.3) is 11.1 Å². The Hall–Kier alpha value is -5.49. The first-order valence-electron chi connectivity index (χ1n) is 21.2. The Bertz CT molecular complexity index is 2290. The number of halogens is 1. The van der Waals surface area contributed by atoms with Crippen molar-refractivity contribution in [2.24, 2.45) is 5.92 Å². The highest BCUT2D eigenvalue weighted by Crippen LogP contribution is 2.39. The number of hydrogen-bond acceptors (Lipinski definition) is 9. The molecule has 4 saturated heterocycles. The third-order valence-electron chi connectivity index (χ3n) is 13.1. The van der Waals surface area contributed by atoms with Gasteiger partial charge in [-0.05, 0) is 121 Å². The van der Waals surface area contributed by atoms with E-state index in [1.54, 1.807) is 18.2 Å². The maximum Gasteiger partial charge on any atom is 0.262 e. The normalized spacial score (nSPS) is 22.6. The lowest BCUT2D eigenvalue weighted by atomic mass is 9.88. The van der Waals surface area contributed by atoms with Crippen molar-refractivity contribution in [2.75, 3.05) is 56.7 Å². The van der Waals surface area contributed by atoms with Crippen LogP contribution in [0.2, 0.25) is 0 Å². The predicted octanol–water partition coefficient (Wildman–Crippen LogP) is 6.44. The fraction of sp³-hybridized carbons (Fsp3) is 0.375. The Morgan fingerprint density at radius 2 is 1.50 bits per heavy atom. The first kappa shape index (κ1) is 39.9. The van der Waals surface area contributed by atoms with Crippen molar-refractivity contribution in [3.63, 3.8) is 0 Å². The molecule has 5 aliphatic heterocycles. The molecule has 5 aliphatic rings. The number of piperazine rings is 1. The smallest absolute Gasteiger partial charge is 0.262 e. The van der Waals surface area contributed by atoms with Crippen LogP contribution in [0, 0.1) is 5.92 Å². The summed E-state index contributed by atoms with van der Waals surface area (Å²) in [5.41, 5.74) is 7.04. The van der Waals surface area contributed by atoms with Crippen LogP contribution in [0.3, 0.4) is 0 Å². The van der Waals surface area contributed by atoms with Crippen LogP contribution in [-0.4, -0.2) is 113 Å². The van der Waals surface area contributed by atoms with Gasteiger partial charge in [-0.1, -0.05) is 54.6 Å². The van der Waals surface area contributed by atoms with Crippen molar-refractivity contribution in [3.8, 4) is 11.5 Å². The summed E-state index contributed by atoms with van der Waals surface area (Å²) >= 11 is 6.33. The van der Waals surface area contributed by atoms with E-state index in [1.165, 1.54) is 0 Å².